The summed E-state index contributed by atoms with van der Waals surface area (Å²) in [5.41, 5.74) is 6.83. The van der Waals surface area contributed by atoms with Gasteiger partial charge in [0.1, 0.15) is 0 Å². The molecule has 3 nitrogen and oxygen atoms in total. The predicted octanol–water partition coefficient (Wildman–Crippen LogP) is 2.68. The molecule has 2 aliphatic rings. The fourth-order valence-corrected chi connectivity index (χ4v) is 3.60. The molecule has 1 saturated heterocycles. The van der Waals surface area contributed by atoms with E-state index in [0.29, 0.717) is 12.5 Å². The average molecular weight is 337 g/mol. The van der Waals surface area contributed by atoms with Crippen molar-refractivity contribution in [1.82, 2.24) is 4.90 Å². The molecule has 1 atom stereocenters. The maximum Gasteiger partial charge on any atom is 0.233 e. The fraction of sp³-hybridized carbons (Fsp3) is 0.562. The standard InChI is InChI=1S/C16H21BrN2O/c1-15(10-18)7-8-19(11-15)14(20)16(5-6-16)12-3-2-4-13(17)9-12/h2-4,9H,5-8,10-11,18H2,1H3. The highest BCUT2D eigenvalue weighted by atomic mass is 79.9. The molecule has 4 heteroatoms. The molecule has 1 aromatic rings. The van der Waals surface area contributed by atoms with E-state index >= 15 is 0 Å². The summed E-state index contributed by atoms with van der Waals surface area (Å²) < 4.78 is 1.04. The number of carbonyl (C=O) groups is 1. The van der Waals surface area contributed by atoms with Gasteiger partial charge in [0.25, 0.3) is 0 Å². The Morgan fingerprint density at radius 3 is 2.70 bits per heavy atom. The largest absolute Gasteiger partial charge is 0.341 e. The lowest BCUT2D eigenvalue weighted by atomic mass is 9.90. The zero-order chi connectivity index (χ0) is 14.4. The lowest BCUT2D eigenvalue weighted by Gasteiger charge is -2.26. The molecule has 108 valence electrons. The molecule has 3 rings (SSSR count). The van der Waals surface area contributed by atoms with Crippen molar-refractivity contribution in [2.24, 2.45) is 11.1 Å². The summed E-state index contributed by atoms with van der Waals surface area (Å²) in [6.45, 7) is 4.49. The maximum atomic E-state index is 12.9. The Balaban J connectivity index is 1.81. The molecule has 1 heterocycles. The summed E-state index contributed by atoms with van der Waals surface area (Å²) >= 11 is 3.50. The third-order valence-electron chi connectivity index (χ3n) is 4.87. The molecule has 1 aliphatic heterocycles. The number of carbonyl (C=O) groups excluding carboxylic acids is 1. The first-order valence-corrected chi connectivity index (χ1v) is 8.04. The number of rotatable bonds is 3. The van der Waals surface area contributed by atoms with Crippen LogP contribution < -0.4 is 5.73 Å². The second kappa shape index (κ2) is 4.85. The molecule has 1 aliphatic carbocycles. The van der Waals surface area contributed by atoms with Crippen LogP contribution in [0.1, 0.15) is 31.7 Å². The molecule has 0 aromatic heterocycles. The fourth-order valence-electron chi connectivity index (χ4n) is 3.20. The molecule has 0 radical (unpaired) electrons. The minimum absolute atomic E-state index is 0.100. The molecule has 1 saturated carbocycles. The quantitative estimate of drug-likeness (QED) is 0.922. The van der Waals surface area contributed by atoms with Crippen LogP contribution in [0.3, 0.4) is 0 Å². The highest BCUT2D eigenvalue weighted by Gasteiger charge is 2.54. The van der Waals surface area contributed by atoms with Gasteiger partial charge >= 0.3 is 0 Å². The number of benzene rings is 1. The van der Waals surface area contributed by atoms with E-state index < -0.39 is 0 Å². The lowest BCUT2D eigenvalue weighted by Crippen LogP contribution is -2.40. The number of likely N-dealkylation sites (tertiary alicyclic amines) is 1. The van der Waals surface area contributed by atoms with Crippen molar-refractivity contribution in [3.8, 4) is 0 Å². The van der Waals surface area contributed by atoms with E-state index in [4.69, 9.17) is 5.73 Å². The van der Waals surface area contributed by atoms with Crippen LogP contribution in [0, 0.1) is 5.41 Å². The minimum Gasteiger partial charge on any atom is -0.341 e. The second-order valence-electron chi connectivity index (χ2n) is 6.58. The van der Waals surface area contributed by atoms with Gasteiger partial charge in [-0.2, -0.15) is 0 Å². The van der Waals surface area contributed by atoms with E-state index in [0.717, 1.165) is 42.4 Å². The van der Waals surface area contributed by atoms with Gasteiger partial charge in [-0.3, -0.25) is 4.79 Å². The van der Waals surface area contributed by atoms with Gasteiger partial charge in [-0.1, -0.05) is 35.0 Å². The van der Waals surface area contributed by atoms with Crippen LogP contribution in [0.25, 0.3) is 0 Å². The van der Waals surface area contributed by atoms with Gasteiger partial charge in [-0.05, 0) is 48.9 Å². The molecule has 2 N–H and O–H groups in total. The number of hydrogen-bond acceptors (Lipinski definition) is 2. The van der Waals surface area contributed by atoms with E-state index in [1.54, 1.807) is 0 Å². The zero-order valence-corrected chi connectivity index (χ0v) is 13.4. The molecule has 0 bridgehead atoms. The van der Waals surface area contributed by atoms with Gasteiger partial charge in [0.2, 0.25) is 5.91 Å². The van der Waals surface area contributed by atoms with E-state index in [9.17, 15) is 4.79 Å². The summed E-state index contributed by atoms with van der Waals surface area (Å²) in [6, 6.07) is 8.18. The van der Waals surface area contributed by atoms with Gasteiger partial charge in [0.15, 0.2) is 0 Å². The van der Waals surface area contributed by atoms with Crippen molar-refractivity contribution in [3.63, 3.8) is 0 Å². The van der Waals surface area contributed by atoms with Gasteiger partial charge < -0.3 is 10.6 Å². The summed E-state index contributed by atoms with van der Waals surface area (Å²) in [5, 5.41) is 0. The number of halogens is 1. The molecule has 2 fully saturated rings. The maximum absolute atomic E-state index is 12.9. The SMILES string of the molecule is CC1(CN)CCN(C(=O)C2(c3cccc(Br)c3)CC2)C1. The van der Waals surface area contributed by atoms with Gasteiger partial charge in [0, 0.05) is 17.6 Å². The topological polar surface area (TPSA) is 46.3 Å². The van der Waals surface area contributed by atoms with E-state index in [-0.39, 0.29) is 10.8 Å². The number of amides is 1. The van der Waals surface area contributed by atoms with E-state index in [1.807, 2.05) is 17.0 Å². The molecule has 1 aromatic carbocycles. The first-order valence-electron chi connectivity index (χ1n) is 7.25. The Bertz CT molecular complexity index is 541. The third kappa shape index (κ3) is 2.29. The smallest absolute Gasteiger partial charge is 0.233 e. The Hall–Kier alpha value is -0.870. The number of hydrogen-bond donors (Lipinski definition) is 1. The summed E-state index contributed by atoms with van der Waals surface area (Å²) in [6.07, 6.45) is 2.96. The van der Waals surface area contributed by atoms with Crippen LogP contribution >= 0.6 is 15.9 Å². The van der Waals surface area contributed by atoms with Crippen molar-refractivity contribution in [3.05, 3.63) is 34.3 Å². The first-order chi connectivity index (χ1) is 9.49. The van der Waals surface area contributed by atoms with E-state index in [2.05, 4.69) is 35.0 Å². The normalized spacial score (nSPS) is 27.6. The van der Waals surface area contributed by atoms with Crippen LogP contribution in [-0.2, 0) is 10.2 Å². The van der Waals surface area contributed by atoms with Crippen LogP contribution in [0.5, 0.6) is 0 Å². The zero-order valence-electron chi connectivity index (χ0n) is 11.9. The van der Waals surface area contributed by atoms with Crippen molar-refractivity contribution >= 4 is 21.8 Å². The summed E-state index contributed by atoms with van der Waals surface area (Å²) in [4.78, 5) is 14.9. The van der Waals surface area contributed by atoms with E-state index in [1.165, 1.54) is 0 Å². The van der Waals surface area contributed by atoms with Gasteiger partial charge in [0.05, 0.1) is 5.41 Å². The van der Waals surface area contributed by atoms with Crippen molar-refractivity contribution in [1.29, 1.82) is 0 Å². The Morgan fingerprint density at radius 2 is 2.15 bits per heavy atom. The van der Waals surface area contributed by atoms with Crippen molar-refractivity contribution in [2.45, 2.75) is 31.6 Å². The number of nitrogens with two attached hydrogens (primary N) is 1. The lowest BCUT2D eigenvalue weighted by molar-refractivity contribution is -0.133. The van der Waals surface area contributed by atoms with Crippen LogP contribution in [0.15, 0.2) is 28.7 Å². The highest BCUT2D eigenvalue weighted by Crippen LogP contribution is 2.51. The first kappa shape index (κ1) is 14.1. The molecular weight excluding hydrogens is 316 g/mol. The molecule has 1 amide bonds. The molecule has 20 heavy (non-hydrogen) atoms. The second-order valence-corrected chi connectivity index (χ2v) is 7.50. The van der Waals surface area contributed by atoms with Gasteiger partial charge in [-0.15, -0.1) is 0 Å². The number of nitrogens with zero attached hydrogens (tertiary/aromatic N) is 1. The average Bonchev–Trinajstić information content (AvgIpc) is 3.16. The molecule has 0 spiro atoms. The van der Waals surface area contributed by atoms with Gasteiger partial charge in [-0.25, -0.2) is 0 Å². The Morgan fingerprint density at radius 1 is 1.40 bits per heavy atom. The van der Waals surface area contributed by atoms with Crippen LogP contribution in [0.2, 0.25) is 0 Å². The van der Waals surface area contributed by atoms with Crippen LogP contribution in [-0.4, -0.2) is 30.4 Å². The minimum atomic E-state index is -0.260. The third-order valence-corrected chi connectivity index (χ3v) is 5.37. The van der Waals surface area contributed by atoms with Crippen molar-refractivity contribution in [2.75, 3.05) is 19.6 Å². The summed E-state index contributed by atoms with van der Waals surface area (Å²) in [7, 11) is 0. The highest BCUT2D eigenvalue weighted by molar-refractivity contribution is 9.10. The summed E-state index contributed by atoms with van der Waals surface area (Å²) in [5.74, 6) is 0.299. The predicted molar refractivity (Wildman–Crippen MR) is 83.4 cm³/mol. The van der Waals surface area contributed by atoms with Crippen molar-refractivity contribution < 1.29 is 4.79 Å². The molecular formula is C16H21BrN2O. The Kier molecular flexibility index (Phi) is 3.41. The Labute approximate surface area is 128 Å². The monoisotopic (exact) mass is 336 g/mol. The van der Waals surface area contributed by atoms with Crippen LogP contribution in [0.4, 0.5) is 0 Å². The molecule has 1 unspecified atom stereocenters.